The highest BCUT2D eigenvalue weighted by atomic mass is 16.1. The molecule has 0 spiro atoms. The lowest BCUT2D eigenvalue weighted by molar-refractivity contribution is 0.0935. The zero-order chi connectivity index (χ0) is 20.1. The molecule has 1 unspecified atom stereocenters. The Balaban J connectivity index is 1.62. The van der Waals surface area contributed by atoms with Crippen LogP contribution in [-0.4, -0.2) is 23.9 Å². The van der Waals surface area contributed by atoms with Crippen molar-refractivity contribution in [2.45, 2.75) is 59.5 Å². The Morgan fingerprint density at radius 3 is 2.39 bits per heavy atom. The topological polar surface area (TPSA) is 32.3 Å². The van der Waals surface area contributed by atoms with Gasteiger partial charge in [-0.2, -0.15) is 0 Å². The molecule has 3 heteroatoms. The second kappa shape index (κ2) is 9.38. The molecule has 0 saturated carbocycles. The lowest BCUT2D eigenvalue weighted by atomic mass is 9.97. The number of aryl methyl sites for hydroxylation is 2. The fourth-order valence-electron chi connectivity index (χ4n) is 4.10. The number of piperidine rings is 1. The van der Waals surface area contributed by atoms with E-state index < -0.39 is 0 Å². The fraction of sp³-hybridized carbons (Fsp3) is 0.480. The maximum atomic E-state index is 12.8. The Labute approximate surface area is 170 Å². The van der Waals surface area contributed by atoms with E-state index in [1.165, 1.54) is 48.2 Å². The van der Waals surface area contributed by atoms with E-state index in [2.05, 4.69) is 68.2 Å². The van der Waals surface area contributed by atoms with Crippen molar-refractivity contribution >= 4 is 5.91 Å². The highest BCUT2D eigenvalue weighted by molar-refractivity contribution is 5.94. The molecule has 3 nitrogen and oxygen atoms in total. The summed E-state index contributed by atoms with van der Waals surface area (Å²) in [7, 11) is 0. The van der Waals surface area contributed by atoms with Crippen molar-refractivity contribution in [2.75, 3.05) is 13.1 Å². The van der Waals surface area contributed by atoms with Crippen molar-refractivity contribution in [3.05, 3.63) is 70.3 Å². The third-order valence-corrected chi connectivity index (χ3v) is 6.01. The first-order chi connectivity index (χ1) is 13.5. The molecule has 150 valence electrons. The maximum absolute atomic E-state index is 12.8. The molecule has 3 rings (SSSR count). The van der Waals surface area contributed by atoms with Gasteiger partial charge in [-0.15, -0.1) is 0 Å². The molecule has 1 aliphatic rings. The van der Waals surface area contributed by atoms with Gasteiger partial charge in [0.15, 0.2) is 0 Å². The first-order valence-corrected chi connectivity index (χ1v) is 10.7. The summed E-state index contributed by atoms with van der Waals surface area (Å²) in [6, 6.07) is 14.6. The predicted molar refractivity (Wildman–Crippen MR) is 117 cm³/mol. The van der Waals surface area contributed by atoms with Gasteiger partial charge in [0, 0.05) is 12.1 Å². The number of likely N-dealkylation sites (tertiary alicyclic amines) is 1. The van der Waals surface area contributed by atoms with Crippen molar-refractivity contribution in [1.29, 1.82) is 0 Å². The van der Waals surface area contributed by atoms with E-state index in [4.69, 9.17) is 0 Å². The van der Waals surface area contributed by atoms with E-state index in [1.807, 2.05) is 12.1 Å². The van der Waals surface area contributed by atoms with Gasteiger partial charge in [0.1, 0.15) is 0 Å². The molecule has 0 radical (unpaired) electrons. The fourth-order valence-corrected chi connectivity index (χ4v) is 4.10. The van der Waals surface area contributed by atoms with Gasteiger partial charge in [-0.05, 0) is 80.9 Å². The van der Waals surface area contributed by atoms with Gasteiger partial charge in [-0.25, -0.2) is 0 Å². The minimum absolute atomic E-state index is 0.00479. The highest BCUT2D eigenvalue weighted by Crippen LogP contribution is 2.23. The molecule has 2 aromatic carbocycles. The summed E-state index contributed by atoms with van der Waals surface area (Å²) in [5.41, 5.74) is 5.71. The van der Waals surface area contributed by atoms with Gasteiger partial charge >= 0.3 is 0 Å². The average Bonchev–Trinajstić information content (AvgIpc) is 2.69. The molecule has 1 amide bonds. The molecule has 2 aromatic rings. The summed E-state index contributed by atoms with van der Waals surface area (Å²) >= 11 is 0. The standard InChI is InChI=1S/C25H34N2O/c1-5-24(23-11-6-19(3)16-20(23)4)26-25(28)22-9-7-21(8-10-22)17-27-14-12-18(2)13-15-27/h6-11,16,18,24H,5,12-15,17H2,1-4H3,(H,26,28). The van der Waals surface area contributed by atoms with E-state index >= 15 is 0 Å². The Kier molecular flexibility index (Phi) is 6.90. The van der Waals surface area contributed by atoms with Crippen LogP contribution in [0.1, 0.15) is 71.8 Å². The minimum atomic E-state index is 0.00479. The summed E-state index contributed by atoms with van der Waals surface area (Å²) in [4.78, 5) is 15.3. The lowest BCUT2D eigenvalue weighted by Crippen LogP contribution is -2.32. The zero-order valence-corrected chi connectivity index (χ0v) is 17.8. The van der Waals surface area contributed by atoms with Crippen LogP contribution < -0.4 is 5.32 Å². The minimum Gasteiger partial charge on any atom is -0.345 e. The van der Waals surface area contributed by atoms with Crippen molar-refractivity contribution < 1.29 is 4.79 Å². The van der Waals surface area contributed by atoms with Crippen LogP contribution in [0.3, 0.4) is 0 Å². The Morgan fingerprint density at radius 1 is 1.11 bits per heavy atom. The van der Waals surface area contributed by atoms with Crippen LogP contribution in [0, 0.1) is 19.8 Å². The highest BCUT2D eigenvalue weighted by Gasteiger charge is 2.17. The third kappa shape index (κ3) is 5.23. The van der Waals surface area contributed by atoms with Gasteiger partial charge in [-0.1, -0.05) is 49.7 Å². The molecule has 1 atom stereocenters. The monoisotopic (exact) mass is 378 g/mol. The molecule has 1 aliphatic heterocycles. The summed E-state index contributed by atoms with van der Waals surface area (Å²) in [5.74, 6) is 0.858. The summed E-state index contributed by atoms with van der Waals surface area (Å²) in [5, 5.41) is 3.22. The summed E-state index contributed by atoms with van der Waals surface area (Å²) in [6.07, 6.45) is 3.45. The van der Waals surface area contributed by atoms with E-state index in [0.29, 0.717) is 0 Å². The van der Waals surface area contributed by atoms with Gasteiger partial charge in [0.05, 0.1) is 6.04 Å². The molecular weight excluding hydrogens is 344 g/mol. The van der Waals surface area contributed by atoms with Crippen LogP contribution in [0.4, 0.5) is 0 Å². The van der Waals surface area contributed by atoms with Crippen LogP contribution in [0.25, 0.3) is 0 Å². The Hall–Kier alpha value is -2.13. The molecule has 1 fully saturated rings. The van der Waals surface area contributed by atoms with E-state index in [0.717, 1.165) is 24.4 Å². The average molecular weight is 379 g/mol. The van der Waals surface area contributed by atoms with Crippen LogP contribution in [0.5, 0.6) is 0 Å². The molecule has 0 bridgehead atoms. The van der Waals surface area contributed by atoms with E-state index in [-0.39, 0.29) is 11.9 Å². The van der Waals surface area contributed by atoms with Crippen molar-refractivity contribution in [1.82, 2.24) is 10.2 Å². The van der Waals surface area contributed by atoms with Crippen molar-refractivity contribution in [2.24, 2.45) is 5.92 Å². The molecule has 0 aromatic heterocycles. The lowest BCUT2D eigenvalue weighted by Gasteiger charge is -2.30. The molecule has 1 saturated heterocycles. The number of carbonyl (C=O) groups is 1. The zero-order valence-electron chi connectivity index (χ0n) is 17.8. The molecule has 0 aliphatic carbocycles. The SMILES string of the molecule is CCC(NC(=O)c1ccc(CN2CCC(C)CC2)cc1)c1ccc(C)cc1C. The molecule has 28 heavy (non-hydrogen) atoms. The van der Waals surface area contributed by atoms with Crippen LogP contribution >= 0.6 is 0 Å². The summed E-state index contributed by atoms with van der Waals surface area (Å²) < 4.78 is 0. The molecule has 1 N–H and O–H groups in total. The first-order valence-electron chi connectivity index (χ1n) is 10.7. The van der Waals surface area contributed by atoms with Crippen LogP contribution in [0.2, 0.25) is 0 Å². The largest absolute Gasteiger partial charge is 0.345 e. The van der Waals surface area contributed by atoms with Gasteiger partial charge in [-0.3, -0.25) is 9.69 Å². The Bertz CT molecular complexity index is 789. The smallest absolute Gasteiger partial charge is 0.251 e. The number of benzene rings is 2. The number of amides is 1. The Morgan fingerprint density at radius 2 is 1.79 bits per heavy atom. The number of nitrogens with one attached hydrogen (secondary N) is 1. The third-order valence-electron chi connectivity index (χ3n) is 6.01. The van der Waals surface area contributed by atoms with Crippen LogP contribution in [-0.2, 0) is 6.54 Å². The van der Waals surface area contributed by atoms with E-state index in [9.17, 15) is 4.79 Å². The quantitative estimate of drug-likeness (QED) is 0.728. The second-order valence-corrected chi connectivity index (χ2v) is 8.45. The molecule has 1 heterocycles. The number of rotatable bonds is 6. The number of hydrogen-bond acceptors (Lipinski definition) is 2. The number of hydrogen-bond donors (Lipinski definition) is 1. The van der Waals surface area contributed by atoms with Gasteiger partial charge in [0.2, 0.25) is 0 Å². The normalized spacial score (nSPS) is 16.7. The van der Waals surface area contributed by atoms with Crippen LogP contribution in [0.15, 0.2) is 42.5 Å². The van der Waals surface area contributed by atoms with Gasteiger partial charge < -0.3 is 5.32 Å². The van der Waals surface area contributed by atoms with Crippen molar-refractivity contribution in [3.8, 4) is 0 Å². The van der Waals surface area contributed by atoms with Gasteiger partial charge in [0.25, 0.3) is 5.91 Å². The molecular formula is C25H34N2O. The van der Waals surface area contributed by atoms with E-state index in [1.54, 1.807) is 0 Å². The number of nitrogens with zero attached hydrogens (tertiary/aromatic N) is 1. The first kappa shape index (κ1) is 20.6. The summed E-state index contributed by atoms with van der Waals surface area (Å²) in [6.45, 7) is 12.0. The second-order valence-electron chi connectivity index (χ2n) is 8.45. The predicted octanol–water partition coefficient (Wildman–Crippen LogP) is 5.42. The van der Waals surface area contributed by atoms with Crippen molar-refractivity contribution in [3.63, 3.8) is 0 Å². The maximum Gasteiger partial charge on any atom is 0.251 e. The number of carbonyl (C=O) groups excluding carboxylic acids is 1.